The summed E-state index contributed by atoms with van der Waals surface area (Å²) in [4.78, 5) is 16.4. The molecule has 0 spiro atoms. The molecule has 0 saturated heterocycles. The molecule has 0 atom stereocenters. The van der Waals surface area contributed by atoms with Crippen molar-refractivity contribution in [3.63, 3.8) is 0 Å². The Bertz CT molecular complexity index is 422. The summed E-state index contributed by atoms with van der Waals surface area (Å²) in [5.74, 6) is 0.491. The molecule has 0 fully saturated rings. The average Bonchev–Trinajstić information content (AvgIpc) is 2.75. The summed E-state index contributed by atoms with van der Waals surface area (Å²) in [6.45, 7) is 0. The Morgan fingerprint density at radius 3 is 2.92 bits per heavy atom. The Labute approximate surface area is 75.6 Å². The quantitative estimate of drug-likeness (QED) is 0.568. The van der Waals surface area contributed by atoms with Gasteiger partial charge in [-0.1, -0.05) is 0 Å². The van der Waals surface area contributed by atoms with E-state index in [4.69, 9.17) is 0 Å². The van der Waals surface area contributed by atoms with Gasteiger partial charge < -0.3 is 15.1 Å². The summed E-state index contributed by atoms with van der Waals surface area (Å²) in [5.41, 5.74) is 0. The van der Waals surface area contributed by atoms with Gasteiger partial charge in [-0.25, -0.2) is 4.98 Å². The van der Waals surface area contributed by atoms with Crippen molar-refractivity contribution in [1.82, 2.24) is 20.2 Å². The third-order valence-corrected chi connectivity index (χ3v) is 2.15. The molecule has 0 amide bonds. The zero-order chi connectivity index (χ0) is 9.26. The smallest absolute Gasteiger partial charge is 0.357 e. The molecule has 0 radical (unpaired) electrons. The summed E-state index contributed by atoms with van der Waals surface area (Å²) in [5, 5.41) is 17.4. The van der Waals surface area contributed by atoms with Crippen LogP contribution in [0.3, 0.4) is 0 Å². The molecule has 8 heteroatoms. The molecule has 0 aliphatic rings. The summed E-state index contributed by atoms with van der Waals surface area (Å²) in [6.07, 6.45) is 3.16. The number of aromatic amines is 1. The van der Waals surface area contributed by atoms with E-state index in [0.29, 0.717) is 10.8 Å². The van der Waals surface area contributed by atoms with Crippen LogP contribution in [0.4, 0.5) is 5.13 Å². The van der Waals surface area contributed by atoms with E-state index in [2.05, 4.69) is 20.2 Å². The molecule has 0 saturated carbocycles. The molecule has 13 heavy (non-hydrogen) atoms. The second kappa shape index (κ2) is 2.90. The molecule has 1 N–H and O–H groups in total. The summed E-state index contributed by atoms with van der Waals surface area (Å²) < 4.78 is 0. The van der Waals surface area contributed by atoms with Crippen molar-refractivity contribution in [2.24, 2.45) is 0 Å². The standard InChI is InChI=1S/C5H3N5O2S/c11-10(12)5-9-8-4(13-5)3-6-1-2-7-3/h1-2H,(H,6,7). The van der Waals surface area contributed by atoms with Crippen LogP contribution in [-0.2, 0) is 0 Å². The molecular formula is C5H3N5O2S. The predicted molar refractivity (Wildman–Crippen MR) is 44.1 cm³/mol. The predicted octanol–water partition coefficient (Wildman–Crippen LogP) is 0.836. The third kappa shape index (κ3) is 1.38. The fourth-order valence-electron chi connectivity index (χ4n) is 0.767. The fraction of sp³-hybridized carbons (Fsp3) is 0. The van der Waals surface area contributed by atoms with E-state index >= 15 is 0 Å². The number of imidazole rings is 1. The number of hydrogen-bond donors (Lipinski definition) is 1. The molecule has 0 unspecified atom stereocenters. The van der Waals surface area contributed by atoms with Gasteiger partial charge >= 0.3 is 5.13 Å². The summed E-state index contributed by atoms with van der Waals surface area (Å²) in [7, 11) is 0. The van der Waals surface area contributed by atoms with Gasteiger partial charge in [0.25, 0.3) is 0 Å². The molecule has 0 bridgehead atoms. The number of hydrogen-bond acceptors (Lipinski definition) is 6. The van der Waals surface area contributed by atoms with Crippen molar-refractivity contribution in [2.75, 3.05) is 0 Å². The summed E-state index contributed by atoms with van der Waals surface area (Å²) >= 11 is 0.884. The first-order valence-electron chi connectivity index (χ1n) is 3.25. The van der Waals surface area contributed by atoms with Crippen molar-refractivity contribution < 1.29 is 4.92 Å². The number of nitrogens with one attached hydrogen (secondary N) is 1. The van der Waals surface area contributed by atoms with Gasteiger partial charge in [-0.05, 0) is 21.4 Å². The van der Waals surface area contributed by atoms with Gasteiger partial charge in [-0.15, -0.1) is 0 Å². The van der Waals surface area contributed by atoms with Gasteiger partial charge in [-0.2, -0.15) is 0 Å². The van der Waals surface area contributed by atoms with Crippen molar-refractivity contribution in [2.45, 2.75) is 0 Å². The molecule has 7 nitrogen and oxygen atoms in total. The maximum Gasteiger partial charge on any atom is 0.450 e. The van der Waals surface area contributed by atoms with Crippen LogP contribution in [0.1, 0.15) is 0 Å². The molecule has 66 valence electrons. The molecular weight excluding hydrogens is 194 g/mol. The third-order valence-electron chi connectivity index (χ3n) is 1.27. The Hall–Kier alpha value is -1.83. The van der Waals surface area contributed by atoms with E-state index in [-0.39, 0.29) is 5.13 Å². The van der Waals surface area contributed by atoms with Crippen LogP contribution in [0.15, 0.2) is 12.4 Å². The Morgan fingerprint density at radius 1 is 1.54 bits per heavy atom. The van der Waals surface area contributed by atoms with Gasteiger partial charge in [-0.3, -0.25) is 0 Å². The summed E-state index contributed by atoms with van der Waals surface area (Å²) in [6, 6.07) is 0. The first-order valence-corrected chi connectivity index (χ1v) is 4.06. The van der Waals surface area contributed by atoms with Crippen LogP contribution in [0, 0.1) is 10.1 Å². The lowest BCUT2D eigenvalue weighted by atomic mass is 10.7. The van der Waals surface area contributed by atoms with Crippen LogP contribution < -0.4 is 0 Å². The van der Waals surface area contributed by atoms with E-state index in [1.807, 2.05) is 0 Å². The van der Waals surface area contributed by atoms with E-state index in [1.54, 1.807) is 12.4 Å². The average molecular weight is 197 g/mol. The molecule has 0 aromatic carbocycles. The minimum atomic E-state index is -0.579. The first kappa shape index (κ1) is 7.80. The van der Waals surface area contributed by atoms with Crippen molar-refractivity contribution >= 4 is 16.5 Å². The van der Waals surface area contributed by atoms with Crippen LogP contribution in [0.5, 0.6) is 0 Å². The topological polar surface area (TPSA) is 97.6 Å². The number of aromatic nitrogens is 4. The molecule has 2 rings (SSSR count). The first-order chi connectivity index (χ1) is 6.27. The largest absolute Gasteiger partial charge is 0.450 e. The van der Waals surface area contributed by atoms with Gasteiger partial charge in [0.05, 0.1) is 5.10 Å². The lowest BCUT2D eigenvalue weighted by molar-refractivity contribution is -0.385. The van der Waals surface area contributed by atoms with Crippen LogP contribution in [0.2, 0.25) is 0 Å². The lowest BCUT2D eigenvalue weighted by Crippen LogP contribution is -1.85. The lowest BCUT2D eigenvalue weighted by Gasteiger charge is -1.82. The highest BCUT2D eigenvalue weighted by Crippen LogP contribution is 2.24. The van der Waals surface area contributed by atoms with Crippen molar-refractivity contribution in [1.29, 1.82) is 0 Å². The van der Waals surface area contributed by atoms with E-state index in [0.717, 1.165) is 11.3 Å². The number of nitrogens with zero attached hydrogens (tertiary/aromatic N) is 4. The highest BCUT2D eigenvalue weighted by Gasteiger charge is 2.17. The zero-order valence-corrected chi connectivity index (χ0v) is 6.98. The maximum absolute atomic E-state index is 10.3. The van der Waals surface area contributed by atoms with Gasteiger partial charge in [0.2, 0.25) is 5.01 Å². The second-order valence-corrected chi connectivity index (χ2v) is 3.04. The normalized spacial score (nSPS) is 10.2. The fourth-order valence-corrected chi connectivity index (χ4v) is 1.39. The van der Waals surface area contributed by atoms with E-state index in [9.17, 15) is 10.1 Å². The Kier molecular flexibility index (Phi) is 1.74. The second-order valence-electron chi connectivity index (χ2n) is 2.08. The minimum absolute atomic E-state index is 0.230. The molecule has 2 aromatic rings. The minimum Gasteiger partial charge on any atom is -0.357 e. The highest BCUT2D eigenvalue weighted by atomic mass is 32.1. The molecule has 0 aliphatic carbocycles. The maximum atomic E-state index is 10.3. The van der Waals surface area contributed by atoms with Crippen LogP contribution >= 0.6 is 11.3 Å². The monoisotopic (exact) mass is 197 g/mol. The Morgan fingerprint density at radius 2 is 2.38 bits per heavy atom. The van der Waals surface area contributed by atoms with E-state index in [1.165, 1.54) is 0 Å². The Balaban J connectivity index is 2.39. The molecule has 0 aliphatic heterocycles. The van der Waals surface area contributed by atoms with Gasteiger partial charge in [0, 0.05) is 12.4 Å². The SMILES string of the molecule is O=[N+]([O-])c1nnc(-c2ncc[nH]2)s1. The highest BCUT2D eigenvalue weighted by molar-refractivity contribution is 7.17. The van der Waals surface area contributed by atoms with Crippen molar-refractivity contribution in [3.8, 4) is 10.8 Å². The van der Waals surface area contributed by atoms with Gasteiger partial charge in [0.1, 0.15) is 0 Å². The van der Waals surface area contributed by atoms with Crippen LogP contribution in [0.25, 0.3) is 10.8 Å². The van der Waals surface area contributed by atoms with Gasteiger partial charge in [0.15, 0.2) is 5.82 Å². The number of H-pyrrole nitrogens is 1. The number of nitro groups is 1. The molecule has 2 aromatic heterocycles. The van der Waals surface area contributed by atoms with Crippen LogP contribution in [-0.4, -0.2) is 25.1 Å². The van der Waals surface area contributed by atoms with E-state index < -0.39 is 4.92 Å². The van der Waals surface area contributed by atoms with Crippen molar-refractivity contribution in [3.05, 3.63) is 22.5 Å². The molecule has 2 heterocycles. The number of rotatable bonds is 2. The zero-order valence-electron chi connectivity index (χ0n) is 6.17.